The lowest BCUT2D eigenvalue weighted by molar-refractivity contribution is -0.138. The first kappa shape index (κ1) is 24.5. The molecule has 1 unspecified atom stereocenters. The number of hydrogen-bond donors (Lipinski definition) is 1. The van der Waals surface area contributed by atoms with Gasteiger partial charge in [-0.25, -0.2) is 9.79 Å². The molecule has 3 heterocycles. The van der Waals surface area contributed by atoms with Crippen LogP contribution in [0.2, 0.25) is 0 Å². The summed E-state index contributed by atoms with van der Waals surface area (Å²) in [6.07, 6.45) is 4.11. The smallest absolute Gasteiger partial charge is 0.338 e. The third-order valence-electron chi connectivity index (χ3n) is 5.72. The number of ether oxygens (including phenoxy) is 1. The van der Waals surface area contributed by atoms with Crippen molar-refractivity contribution in [3.63, 3.8) is 0 Å². The highest BCUT2D eigenvalue weighted by atomic mass is 32.2. The molecule has 7 nitrogen and oxygen atoms in total. The van der Waals surface area contributed by atoms with Crippen LogP contribution in [0.25, 0.3) is 0 Å². The summed E-state index contributed by atoms with van der Waals surface area (Å²) < 4.78 is 5.41. The van der Waals surface area contributed by atoms with Crippen molar-refractivity contribution in [1.29, 1.82) is 0 Å². The number of amides is 1. The van der Waals surface area contributed by atoms with Gasteiger partial charge >= 0.3 is 5.97 Å². The number of benzene rings is 1. The van der Waals surface area contributed by atoms with Crippen molar-refractivity contribution in [3.8, 4) is 0 Å². The number of nitrogens with zero attached hydrogens (tertiary/aromatic N) is 3. The molecule has 0 saturated carbocycles. The van der Waals surface area contributed by atoms with Crippen LogP contribution in [0.15, 0.2) is 88.7 Å². The molecule has 2 aliphatic heterocycles. The third-order valence-corrected chi connectivity index (χ3v) is 6.61. The molecule has 35 heavy (non-hydrogen) atoms. The Hall–Kier alpha value is -3.65. The molecule has 8 heteroatoms. The van der Waals surface area contributed by atoms with Gasteiger partial charge in [0.05, 0.1) is 23.7 Å². The molecular formula is C27H28N4O3S. The molecular weight excluding hydrogens is 460 g/mol. The highest BCUT2D eigenvalue weighted by Crippen LogP contribution is 2.44. The quantitative estimate of drug-likeness (QED) is 0.415. The number of fused-ring (bicyclic) bond motifs is 1. The van der Waals surface area contributed by atoms with Gasteiger partial charge in [0, 0.05) is 30.6 Å². The minimum absolute atomic E-state index is 0.0984. The van der Waals surface area contributed by atoms with Gasteiger partial charge in [0.2, 0.25) is 5.91 Å². The molecule has 4 rings (SSSR count). The Labute approximate surface area is 209 Å². The number of hydrogen-bond acceptors (Lipinski definition) is 7. The maximum atomic E-state index is 13.1. The van der Waals surface area contributed by atoms with Gasteiger partial charge in [-0.1, -0.05) is 60.3 Å². The van der Waals surface area contributed by atoms with E-state index in [1.807, 2.05) is 66.6 Å². The molecule has 0 bridgehead atoms. The first-order chi connectivity index (χ1) is 17.0. The van der Waals surface area contributed by atoms with E-state index in [0.717, 1.165) is 27.7 Å². The van der Waals surface area contributed by atoms with E-state index in [-0.39, 0.29) is 18.9 Å². The number of carbonyl (C=O) groups is 2. The summed E-state index contributed by atoms with van der Waals surface area (Å²) in [5.41, 5.74) is 4.83. The van der Waals surface area contributed by atoms with E-state index in [1.54, 1.807) is 12.3 Å². The minimum atomic E-state index is -0.442. The fraction of sp³-hybridized carbons (Fsp3) is 0.259. The number of amidine groups is 1. The van der Waals surface area contributed by atoms with Crippen LogP contribution in [0.5, 0.6) is 0 Å². The van der Waals surface area contributed by atoms with Crippen LogP contribution in [0, 0.1) is 6.92 Å². The molecule has 0 radical (unpaired) electrons. The summed E-state index contributed by atoms with van der Waals surface area (Å²) in [6, 6.07) is 13.3. The monoisotopic (exact) mass is 488 g/mol. The molecule has 180 valence electrons. The van der Waals surface area contributed by atoms with Crippen molar-refractivity contribution in [2.75, 3.05) is 13.2 Å². The molecule has 2 aliphatic rings. The summed E-state index contributed by atoms with van der Waals surface area (Å²) >= 11 is 1.46. The highest BCUT2D eigenvalue weighted by Gasteiger charge is 2.41. The Kier molecular flexibility index (Phi) is 7.82. The van der Waals surface area contributed by atoms with E-state index >= 15 is 0 Å². The van der Waals surface area contributed by atoms with Gasteiger partial charge in [-0.05, 0) is 37.0 Å². The number of allylic oxidation sites excluding steroid dienone is 1. The first-order valence-corrected chi connectivity index (χ1v) is 12.3. The zero-order valence-electron chi connectivity index (χ0n) is 19.9. The molecule has 1 amide bonds. The number of nitrogens with one attached hydrogen (secondary N) is 1. The Morgan fingerprint density at radius 1 is 1.20 bits per heavy atom. The topological polar surface area (TPSA) is 83.9 Å². The normalized spacial score (nSPS) is 16.9. The lowest BCUT2D eigenvalue weighted by Crippen LogP contribution is -2.38. The van der Waals surface area contributed by atoms with Gasteiger partial charge in [-0.3, -0.25) is 9.78 Å². The van der Waals surface area contributed by atoms with Crippen LogP contribution in [0.1, 0.15) is 36.2 Å². The Morgan fingerprint density at radius 2 is 2.00 bits per heavy atom. The number of carbonyl (C=O) groups excluding carboxylic acids is 2. The van der Waals surface area contributed by atoms with Crippen LogP contribution in [0.3, 0.4) is 0 Å². The van der Waals surface area contributed by atoms with Crippen LogP contribution in [0.4, 0.5) is 0 Å². The van der Waals surface area contributed by atoms with Crippen molar-refractivity contribution in [2.24, 2.45) is 4.99 Å². The summed E-state index contributed by atoms with van der Waals surface area (Å²) in [6.45, 7) is 8.08. The van der Waals surface area contributed by atoms with Crippen molar-refractivity contribution in [3.05, 3.63) is 101 Å². The van der Waals surface area contributed by atoms with Gasteiger partial charge in [0.25, 0.3) is 0 Å². The highest BCUT2D eigenvalue weighted by molar-refractivity contribution is 8.16. The molecule has 2 aromatic rings. The second-order valence-corrected chi connectivity index (χ2v) is 9.13. The second kappa shape index (κ2) is 11.2. The van der Waals surface area contributed by atoms with Gasteiger partial charge in [0.1, 0.15) is 6.61 Å². The molecule has 1 atom stereocenters. The first-order valence-electron chi connectivity index (χ1n) is 11.4. The zero-order chi connectivity index (χ0) is 24.8. The van der Waals surface area contributed by atoms with E-state index in [9.17, 15) is 9.59 Å². The number of aryl methyl sites for hydroxylation is 1. The number of thioether (sulfide) groups is 1. The molecule has 0 saturated heterocycles. The predicted molar refractivity (Wildman–Crippen MR) is 138 cm³/mol. The van der Waals surface area contributed by atoms with Gasteiger partial charge in [0.15, 0.2) is 5.17 Å². The average molecular weight is 489 g/mol. The van der Waals surface area contributed by atoms with Gasteiger partial charge < -0.3 is 15.0 Å². The molecule has 0 fully saturated rings. The molecule has 0 aliphatic carbocycles. The molecule has 1 aromatic carbocycles. The van der Waals surface area contributed by atoms with Crippen molar-refractivity contribution < 1.29 is 14.3 Å². The standard InChI is InChI=1S/C27H28N4O3S/c1-4-15-34-26(33)24-19(3)30-27-31(25(24)20-10-8-18(2)9-11-20)22(17-35-27)16-23(32)29-14-12-21-7-5-6-13-28-21/h4-11,13,17,25H,1,12,14-16H2,2-3H3,(H,29,32). The number of rotatable bonds is 9. The number of aliphatic imine (C=N–C) groups is 1. The van der Waals surface area contributed by atoms with E-state index in [1.165, 1.54) is 11.8 Å². The van der Waals surface area contributed by atoms with E-state index < -0.39 is 12.0 Å². The average Bonchev–Trinajstić information content (AvgIpc) is 3.24. The number of pyridine rings is 1. The van der Waals surface area contributed by atoms with Crippen LogP contribution >= 0.6 is 11.8 Å². The minimum Gasteiger partial charge on any atom is -0.458 e. The second-order valence-electron chi connectivity index (χ2n) is 8.29. The third kappa shape index (κ3) is 5.71. The molecule has 1 aromatic heterocycles. The van der Waals surface area contributed by atoms with E-state index in [4.69, 9.17) is 4.74 Å². The van der Waals surface area contributed by atoms with E-state index in [2.05, 4.69) is 21.9 Å². The molecule has 0 spiro atoms. The largest absolute Gasteiger partial charge is 0.458 e. The SMILES string of the molecule is C=CCOC(=O)C1=C(C)N=C2SC=C(CC(=O)NCCc3ccccn3)N2C1c1ccc(C)cc1. The van der Waals surface area contributed by atoms with Crippen LogP contribution in [-0.4, -0.2) is 40.1 Å². The lowest BCUT2D eigenvalue weighted by atomic mass is 9.93. The summed E-state index contributed by atoms with van der Waals surface area (Å²) in [4.78, 5) is 36.8. The van der Waals surface area contributed by atoms with Gasteiger partial charge in [-0.15, -0.1) is 0 Å². The predicted octanol–water partition coefficient (Wildman–Crippen LogP) is 4.44. The molecule has 1 N–H and O–H groups in total. The summed E-state index contributed by atoms with van der Waals surface area (Å²) in [5.74, 6) is -0.536. The Morgan fingerprint density at radius 3 is 2.71 bits per heavy atom. The Bertz CT molecular complexity index is 1200. The van der Waals surface area contributed by atoms with E-state index in [0.29, 0.717) is 24.2 Å². The maximum absolute atomic E-state index is 13.1. The van der Waals surface area contributed by atoms with Crippen molar-refractivity contribution in [1.82, 2.24) is 15.2 Å². The number of aromatic nitrogens is 1. The van der Waals surface area contributed by atoms with Crippen LogP contribution < -0.4 is 5.32 Å². The van der Waals surface area contributed by atoms with Crippen LogP contribution in [-0.2, 0) is 20.7 Å². The Balaban J connectivity index is 1.55. The summed E-state index contributed by atoms with van der Waals surface area (Å²) in [7, 11) is 0. The van der Waals surface area contributed by atoms with Gasteiger partial charge in [-0.2, -0.15) is 0 Å². The van der Waals surface area contributed by atoms with Crippen molar-refractivity contribution in [2.45, 2.75) is 32.7 Å². The lowest BCUT2D eigenvalue weighted by Gasteiger charge is -2.36. The number of esters is 1. The van der Waals surface area contributed by atoms with Crippen molar-refractivity contribution >= 4 is 28.8 Å². The fourth-order valence-corrected chi connectivity index (χ4v) is 4.97. The fourth-order valence-electron chi connectivity index (χ4n) is 4.01. The maximum Gasteiger partial charge on any atom is 0.338 e. The zero-order valence-corrected chi connectivity index (χ0v) is 20.7. The summed E-state index contributed by atoms with van der Waals surface area (Å²) in [5, 5.41) is 5.65.